The van der Waals surface area contributed by atoms with Crippen LogP contribution >= 0.6 is 0 Å². The fourth-order valence-electron chi connectivity index (χ4n) is 4.35. The average Bonchev–Trinajstić information content (AvgIpc) is 3.18. The molecule has 2 aromatic heterocycles. The molecule has 1 aliphatic heterocycles. The fraction of sp³-hybridized carbons (Fsp3) is 0.579. The van der Waals surface area contributed by atoms with E-state index in [0.29, 0.717) is 12.5 Å². The number of carbonyl (C=O) groups excluding carboxylic acids is 1. The summed E-state index contributed by atoms with van der Waals surface area (Å²) in [6.07, 6.45) is 11.0. The molecule has 3 heterocycles. The van der Waals surface area contributed by atoms with E-state index in [4.69, 9.17) is 0 Å². The van der Waals surface area contributed by atoms with E-state index < -0.39 is 0 Å². The Balaban J connectivity index is 1.51. The Morgan fingerprint density at radius 1 is 1.12 bits per heavy atom. The zero-order valence-corrected chi connectivity index (χ0v) is 14.9. The van der Waals surface area contributed by atoms with Crippen molar-refractivity contribution in [3.63, 3.8) is 0 Å². The van der Waals surface area contributed by atoms with E-state index in [-0.39, 0.29) is 17.4 Å². The molecule has 0 bridgehead atoms. The lowest BCUT2D eigenvalue weighted by Gasteiger charge is -2.32. The summed E-state index contributed by atoms with van der Waals surface area (Å²) in [7, 11) is 0. The number of aromatic amines is 2. The van der Waals surface area contributed by atoms with Crippen LogP contribution in [0.5, 0.6) is 0 Å². The van der Waals surface area contributed by atoms with Crippen molar-refractivity contribution in [2.24, 2.45) is 0 Å². The van der Waals surface area contributed by atoms with E-state index in [2.05, 4.69) is 20.2 Å². The van der Waals surface area contributed by atoms with Gasteiger partial charge in [0.15, 0.2) is 0 Å². The smallest absolute Gasteiger partial charge is 0.257 e. The lowest BCUT2D eigenvalue weighted by atomic mass is 9.85. The van der Waals surface area contributed by atoms with E-state index in [1.807, 2.05) is 4.90 Å². The highest BCUT2D eigenvalue weighted by molar-refractivity contribution is 5.95. The molecule has 1 saturated carbocycles. The van der Waals surface area contributed by atoms with Crippen LogP contribution in [0, 0.1) is 0 Å². The second kappa shape index (κ2) is 7.43. The van der Waals surface area contributed by atoms with Crippen LogP contribution in [0.15, 0.2) is 23.4 Å². The van der Waals surface area contributed by atoms with E-state index >= 15 is 0 Å². The van der Waals surface area contributed by atoms with Gasteiger partial charge in [-0.25, -0.2) is 4.98 Å². The van der Waals surface area contributed by atoms with Gasteiger partial charge in [0.25, 0.3) is 11.5 Å². The van der Waals surface area contributed by atoms with Crippen molar-refractivity contribution >= 4 is 5.91 Å². The monoisotopic (exact) mass is 355 g/mol. The number of hydrogen-bond acceptors (Lipinski definition) is 4. The molecule has 7 heteroatoms. The predicted octanol–water partition coefficient (Wildman–Crippen LogP) is 2.56. The van der Waals surface area contributed by atoms with Crippen LogP contribution in [0.2, 0.25) is 0 Å². The second-order valence-electron chi connectivity index (χ2n) is 7.46. The molecular formula is C19H25N5O2. The highest BCUT2D eigenvalue weighted by Crippen LogP contribution is 2.34. The van der Waals surface area contributed by atoms with Crippen molar-refractivity contribution < 1.29 is 4.79 Å². The summed E-state index contributed by atoms with van der Waals surface area (Å²) >= 11 is 0. The number of rotatable bonds is 3. The first-order valence-electron chi connectivity index (χ1n) is 9.59. The van der Waals surface area contributed by atoms with Gasteiger partial charge >= 0.3 is 0 Å². The number of amides is 1. The molecule has 1 aliphatic carbocycles. The van der Waals surface area contributed by atoms with Crippen molar-refractivity contribution in [1.29, 1.82) is 0 Å². The van der Waals surface area contributed by atoms with Gasteiger partial charge in [-0.05, 0) is 25.7 Å². The van der Waals surface area contributed by atoms with Crippen LogP contribution in [0.1, 0.15) is 78.5 Å². The first kappa shape index (κ1) is 17.0. The Kier molecular flexibility index (Phi) is 4.86. The van der Waals surface area contributed by atoms with E-state index in [1.165, 1.54) is 25.6 Å². The van der Waals surface area contributed by atoms with Crippen LogP contribution in [-0.2, 0) is 0 Å². The van der Waals surface area contributed by atoms with E-state index in [1.54, 1.807) is 12.3 Å². The Morgan fingerprint density at radius 3 is 2.73 bits per heavy atom. The van der Waals surface area contributed by atoms with Gasteiger partial charge in [0.1, 0.15) is 0 Å². The third-order valence-corrected chi connectivity index (χ3v) is 5.74. The van der Waals surface area contributed by atoms with Crippen LogP contribution in [0.3, 0.4) is 0 Å². The molecule has 26 heavy (non-hydrogen) atoms. The molecule has 1 unspecified atom stereocenters. The Labute approximate surface area is 152 Å². The third kappa shape index (κ3) is 3.43. The maximum absolute atomic E-state index is 13.1. The summed E-state index contributed by atoms with van der Waals surface area (Å²) in [6, 6.07) is 1.55. The van der Waals surface area contributed by atoms with Crippen molar-refractivity contribution in [3.8, 4) is 0 Å². The molecule has 2 N–H and O–H groups in total. The second-order valence-corrected chi connectivity index (χ2v) is 7.46. The van der Waals surface area contributed by atoms with Crippen LogP contribution < -0.4 is 5.56 Å². The molecule has 0 radical (unpaired) electrons. The minimum atomic E-state index is -0.145. The van der Waals surface area contributed by atoms with Crippen LogP contribution in [0.25, 0.3) is 0 Å². The molecule has 2 aromatic rings. The van der Waals surface area contributed by atoms with Crippen molar-refractivity contribution in [3.05, 3.63) is 45.9 Å². The van der Waals surface area contributed by atoms with Gasteiger partial charge in [-0.3, -0.25) is 14.7 Å². The topological polar surface area (TPSA) is 94.7 Å². The molecule has 1 amide bonds. The number of nitrogens with zero attached hydrogens (tertiary/aromatic N) is 3. The number of carbonyl (C=O) groups is 1. The quantitative estimate of drug-likeness (QED) is 0.884. The molecule has 138 valence electrons. The SMILES string of the molecule is O=C(c1cn[nH]c1C1CCCCC1)N1CCCC(c2cc(=O)[nH]cn2)C1. The minimum absolute atomic E-state index is 0.0499. The van der Waals surface area contributed by atoms with Crippen molar-refractivity contribution in [2.75, 3.05) is 13.1 Å². The highest BCUT2D eigenvalue weighted by Gasteiger charge is 2.30. The van der Waals surface area contributed by atoms with Gasteiger partial charge in [0.05, 0.1) is 29.5 Å². The van der Waals surface area contributed by atoms with Gasteiger partial charge in [-0.1, -0.05) is 19.3 Å². The predicted molar refractivity (Wildman–Crippen MR) is 97.1 cm³/mol. The lowest BCUT2D eigenvalue weighted by Crippen LogP contribution is -2.39. The molecule has 1 saturated heterocycles. The van der Waals surface area contributed by atoms with Gasteiger partial charge in [0.2, 0.25) is 0 Å². The Bertz CT molecular complexity index is 821. The van der Waals surface area contributed by atoms with Gasteiger partial charge in [-0.15, -0.1) is 0 Å². The standard InChI is InChI=1S/C19H25N5O2/c25-17-9-16(20-12-21-17)14-7-4-8-24(11-14)19(26)15-10-22-23-18(15)13-5-2-1-3-6-13/h9-10,12-14H,1-8,11H2,(H,22,23)(H,20,21,25). The van der Waals surface area contributed by atoms with E-state index in [0.717, 1.165) is 49.2 Å². The number of hydrogen-bond donors (Lipinski definition) is 2. The number of nitrogens with one attached hydrogen (secondary N) is 2. The molecule has 0 aromatic carbocycles. The van der Waals surface area contributed by atoms with Crippen molar-refractivity contribution in [2.45, 2.75) is 56.8 Å². The largest absolute Gasteiger partial charge is 0.338 e. The molecule has 4 rings (SSSR count). The third-order valence-electron chi connectivity index (χ3n) is 5.74. The summed E-state index contributed by atoms with van der Waals surface area (Å²) in [5.74, 6) is 0.578. The average molecular weight is 355 g/mol. The van der Waals surface area contributed by atoms with Gasteiger partial charge < -0.3 is 9.88 Å². The zero-order chi connectivity index (χ0) is 17.9. The molecule has 1 atom stereocenters. The van der Waals surface area contributed by atoms with Crippen LogP contribution in [0.4, 0.5) is 0 Å². The summed E-state index contributed by atoms with van der Waals surface area (Å²) in [5.41, 5.74) is 2.35. The maximum atomic E-state index is 13.1. The molecule has 7 nitrogen and oxygen atoms in total. The Hall–Kier alpha value is -2.44. The molecule has 2 fully saturated rings. The minimum Gasteiger partial charge on any atom is -0.338 e. The zero-order valence-electron chi connectivity index (χ0n) is 14.9. The molecule has 0 spiro atoms. The number of aromatic nitrogens is 4. The first-order valence-corrected chi connectivity index (χ1v) is 9.59. The first-order chi connectivity index (χ1) is 12.7. The van der Waals surface area contributed by atoms with E-state index in [9.17, 15) is 9.59 Å². The number of likely N-dealkylation sites (tertiary alicyclic amines) is 1. The molecule has 2 aliphatic rings. The molecular weight excluding hydrogens is 330 g/mol. The normalized spacial score (nSPS) is 21.7. The van der Waals surface area contributed by atoms with Crippen LogP contribution in [-0.4, -0.2) is 44.1 Å². The Morgan fingerprint density at radius 2 is 1.92 bits per heavy atom. The van der Waals surface area contributed by atoms with Crippen molar-refractivity contribution in [1.82, 2.24) is 25.1 Å². The lowest BCUT2D eigenvalue weighted by molar-refractivity contribution is 0.0704. The fourth-order valence-corrected chi connectivity index (χ4v) is 4.35. The number of H-pyrrole nitrogens is 2. The summed E-state index contributed by atoms with van der Waals surface area (Å²) < 4.78 is 0. The number of piperidine rings is 1. The maximum Gasteiger partial charge on any atom is 0.257 e. The van der Waals surface area contributed by atoms with Gasteiger partial charge in [0, 0.05) is 31.0 Å². The summed E-state index contributed by atoms with van der Waals surface area (Å²) in [6.45, 7) is 1.35. The summed E-state index contributed by atoms with van der Waals surface area (Å²) in [4.78, 5) is 33.5. The highest BCUT2D eigenvalue weighted by atomic mass is 16.2. The van der Waals surface area contributed by atoms with Gasteiger partial charge in [-0.2, -0.15) is 5.10 Å². The summed E-state index contributed by atoms with van der Waals surface area (Å²) in [5, 5.41) is 7.26.